The van der Waals surface area contributed by atoms with Gasteiger partial charge in [0.05, 0.1) is 12.2 Å². The first-order valence-electron chi connectivity index (χ1n) is 7.14. The molecule has 0 aliphatic carbocycles. The van der Waals surface area contributed by atoms with E-state index in [1.165, 1.54) is 0 Å². The molecule has 1 aliphatic rings. The molecule has 2 N–H and O–H groups in total. The van der Waals surface area contributed by atoms with E-state index in [9.17, 15) is 4.79 Å². The van der Waals surface area contributed by atoms with Crippen LogP contribution in [0, 0.1) is 5.92 Å². The molecule has 2 rings (SSSR count). The number of benzene rings is 1. The van der Waals surface area contributed by atoms with Crippen molar-refractivity contribution < 1.29 is 9.53 Å². The number of hydrogen-bond donors (Lipinski definition) is 1. The summed E-state index contributed by atoms with van der Waals surface area (Å²) < 4.78 is 5.60. The third-order valence-electron chi connectivity index (χ3n) is 3.72. The molecule has 3 nitrogen and oxygen atoms in total. The van der Waals surface area contributed by atoms with E-state index in [2.05, 4.69) is 0 Å². The number of Topliss-reactive ketones (excluding diaryl/α,β-unsaturated/α-hetero) is 1. The molecule has 0 amide bonds. The summed E-state index contributed by atoms with van der Waals surface area (Å²) in [6.45, 7) is 4.70. The van der Waals surface area contributed by atoms with E-state index in [1.807, 2.05) is 32.0 Å². The first-order chi connectivity index (χ1) is 9.09. The molecule has 0 spiro atoms. The summed E-state index contributed by atoms with van der Waals surface area (Å²) in [6.07, 6.45) is 3.78. The van der Waals surface area contributed by atoms with Crippen molar-refractivity contribution in [3.8, 4) is 5.75 Å². The highest BCUT2D eigenvalue weighted by Gasteiger charge is 2.23. The topological polar surface area (TPSA) is 52.3 Å². The second kappa shape index (κ2) is 6.20. The first-order valence-corrected chi connectivity index (χ1v) is 7.14. The number of hydrogen-bond acceptors (Lipinski definition) is 3. The largest absolute Gasteiger partial charge is 0.492 e. The minimum Gasteiger partial charge on any atom is -0.492 e. The lowest BCUT2D eigenvalue weighted by molar-refractivity contribution is 0.0919. The van der Waals surface area contributed by atoms with Gasteiger partial charge in [-0.2, -0.15) is 0 Å². The zero-order valence-corrected chi connectivity index (χ0v) is 11.8. The Morgan fingerprint density at radius 2 is 2.16 bits per heavy atom. The van der Waals surface area contributed by atoms with Gasteiger partial charge in [0.15, 0.2) is 5.78 Å². The molecule has 1 aliphatic heterocycles. The average Bonchev–Trinajstić information content (AvgIpc) is 2.85. The Balaban J connectivity index is 2.01. The lowest BCUT2D eigenvalue weighted by Crippen LogP contribution is -2.16. The third kappa shape index (κ3) is 3.35. The van der Waals surface area contributed by atoms with Gasteiger partial charge >= 0.3 is 0 Å². The lowest BCUT2D eigenvalue weighted by atomic mass is 9.92. The highest BCUT2D eigenvalue weighted by atomic mass is 16.5. The van der Waals surface area contributed by atoms with E-state index in [1.54, 1.807) is 0 Å². The number of para-hydroxylation sites is 1. The van der Waals surface area contributed by atoms with Gasteiger partial charge in [-0.25, -0.2) is 0 Å². The summed E-state index contributed by atoms with van der Waals surface area (Å²) in [4.78, 5) is 12.5. The maximum atomic E-state index is 12.5. The van der Waals surface area contributed by atoms with Crippen LogP contribution in [0.25, 0.3) is 0 Å². The second-order valence-electron chi connectivity index (χ2n) is 5.57. The number of ether oxygens (including phenoxy) is 1. The van der Waals surface area contributed by atoms with Gasteiger partial charge in [0.25, 0.3) is 0 Å². The molecule has 1 heterocycles. The monoisotopic (exact) mass is 261 g/mol. The summed E-state index contributed by atoms with van der Waals surface area (Å²) >= 11 is 0. The fourth-order valence-electron chi connectivity index (χ4n) is 2.55. The highest BCUT2D eigenvalue weighted by Crippen LogP contribution is 2.31. The Morgan fingerprint density at radius 1 is 1.37 bits per heavy atom. The Labute approximate surface area is 115 Å². The number of carbonyl (C=O) groups is 1. The molecule has 0 bridgehead atoms. The van der Waals surface area contributed by atoms with E-state index in [4.69, 9.17) is 10.5 Å². The van der Waals surface area contributed by atoms with E-state index in [-0.39, 0.29) is 17.7 Å². The Bertz CT molecular complexity index is 454. The standard InChI is InChI=1S/C16H23NO2/c1-11(5-3-6-12(2)17)15(18)14-8-4-7-13-9-10-19-16(13)14/h4,7-8,11-12H,3,5-6,9-10,17H2,1-2H3. The molecule has 2 unspecified atom stereocenters. The molecule has 1 aromatic rings. The summed E-state index contributed by atoms with van der Waals surface area (Å²) in [5.74, 6) is 1.05. The number of ketones is 1. The molecule has 19 heavy (non-hydrogen) atoms. The predicted octanol–water partition coefficient (Wildman–Crippen LogP) is 2.96. The quantitative estimate of drug-likeness (QED) is 0.801. The van der Waals surface area contributed by atoms with Crippen LogP contribution in [0.1, 0.15) is 49.0 Å². The number of nitrogens with two attached hydrogens (primary N) is 1. The van der Waals surface area contributed by atoms with Crippen LogP contribution >= 0.6 is 0 Å². The van der Waals surface area contributed by atoms with Crippen molar-refractivity contribution in [1.82, 2.24) is 0 Å². The van der Waals surface area contributed by atoms with Gasteiger partial charge in [-0.05, 0) is 31.4 Å². The van der Waals surface area contributed by atoms with Crippen molar-refractivity contribution >= 4 is 5.78 Å². The van der Waals surface area contributed by atoms with Crippen LogP contribution in [0.3, 0.4) is 0 Å². The van der Waals surface area contributed by atoms with Crippen LogP contribution in [0.2, 0.25) is 0 Å². The zero-order chi connectivity index (χ0) is 13.8. The van der Waals surface area contributed by atoms with Gasteiger partial charge < -0.3 is 10.5 Å². The minimum absolute atomic E-state index is 0.0365. The summed E-state index contributed by atoms with van der Waals surface area (Å²) in [6, 6.07) is 6.09. The van der Waals surface area contributed by atoms with Gasteiger partial charge in [-0.15, -0.1) is 0 Å². The summed E-state index contributed by atoms with van der Waals surface area (Å²) in [5.41, 5.74) is 7.65. The van der Waals surface area contributed by atoms with Crippen LogP contribution in [-0.2, 0) is 6.42 Å². The van der Waals surface area contributed by atoms with Crippen LogP contribution in [0.5, 0.6) is 5.75 Å². The molecule has 0 radical (unpaired) electrons. The molecule has 1 aromatic carbocycles. The highest BCUT2D eigenvalue weighted by molar-refractivity contribution is 6.00. The SMILES string of the molecule is CC(N)CCCC(C)C(=O)c1cccc2c1OCC2. The molecular weight excluding hydrogens is 238 g/mol. The fraction of sp³-hybridized carbons (Fsp3) is 0.562. The van der Waals surface area contributed by atoms with Crippen LogP contribution in [0.15, 0.2) is 18.2 Å². The Kier molecular flexibility index (Phi) is 4.59. The van der Waals surface area contributed by atoms with Crippen molar-refractivity contribution in [2.24, 2.45) is 11.7 Å². The van der Waals surface area contributed by atoms with Gasteiger partial charge in [0.2, 0.25) is 0 Å². The summed E-state index contributed by atoms with van der Waals surface area (Å²) in [5, 5.41) is 0. The zero-order valence-electron chi connectivity index (χ0n) is 11.8. The maximum Gasteiger partial charge on any atom is 0.169 e. The second-order valence-corrected chi connectivity index (χ2v) is 5.57. The first kappa shape index (κ1) is 14.1. The van der Waals surface area contributed by atoms with Crippen molar-refractivity contribution in [3.63, 3.8) is 0 Å². The fourth-order valence-corrected chi connectivity index (χ4v) is 2.55. The van der Waals surface area contributed by atoms with E-state index < -0.39 is 0 Å². The third-order valence-corrected chi connectivity index (χ3v) is 3.72. The van der Waals surface area contributed by atoms with Crippen molar-refractivity contribution in [1.29, 1.82) is 0 Å². The van der Waals surface area contributed by atoms with Gasteiger partial charge in [-0.3, -0.25) is 4.79 Å². The summed E-state index contributed by atoms with van der Waals surface area (Å²) in [7, 11) is 0. The molecule has 104 valence electrons. The van der Waals surface area contributed by atoms with Gasteiger partial charge in [0, 0.05) is 18.4 Å². The van der Waals surface area contributed by atoms with Crippen LogP contribution in [0.4, 0.5) is 0 Å². The Hall–Kier alpha value is -1.35. The smallest absolute Gasteiger partial charge is 0.169 e. The van der Waals surface area contributed by atoms with Crippen LogP contribution in [-0.4, -0.2) is 18.4 Å². The van der Waals surface area contributed by atoms with Crippen LogP contribution < -0.4 is 10.5 Å². The predicted molar refractivity (Wildman–Crippen MR) is 76.6 cm³/mol. The number of rotatable bonds is 6. The maximum absolute atomic E-state index is 12.5. The number of fused-ring (bicyclic) bond motifs is 1. The van der Waals surface area contributed by atoms with E-state index in [0.717, 1.165) is 42.6 Å². The minimum atomic E-state index is 0.0365. The molecule has 0 aromatic heterocycles. The van der Waals surface area contributed by atoms with Crippen molar-refractivity contribution in [2.75, 3.05) is 6.61 Å². The van der Waals surface area contributed by atoms with E-state index >= 15 is 0 Å². The molecule has 0 saturated heterocycles. The molecule has 0 fully saturated rings. The van der Waals surface area contributed by atoms with Gasteiger partial charge in [0.1, 0.15) is 5.75 Å². The molecule has 2 atom stereocenters. The van der Waals surface area contributed by atoms with Crippen molar-refractivity contribution in [2.45, 2.75) is 45.6 Å². The lowest BCUT2D eigenvalue weighted by Gasteiger charge is -2.13. The average molecular weight is 261 g/mol. The number of carbonyl (C=O) groups excluding carboxylic acids is 1. The molecule has 0 saturated carbocycles. The van der Waals surface area contributed by atoms with Gasteiger partial charge in [-0.1, -0.05) is 25.5 Å². The Morgan fingerprint density at radius 3 is 2.89 bits per heavy atom. The molecule has 3 heteroatoms. The van der Waals surface area contributed by atoms with Crippen molar-refractivity contribution in [3.05, 3.63) is 29.3 Å². The molecular formula is C16H23NO2. The normalized spacial score (nSPS) is 16.6. The van der Waals surface area contributed by atoms with E-state index in [0.29, 0.717) is 6.61 Å².